The van der Waals surface area contributed by atoms with Crippen molar-refractivity contribution in [2.75, 3.05) is 0 Å². The Morgan fingerprint density at radius 1 is 1.32 bits per heavy atom. The first-order valence-electron chi connectivity index (χ1n) is 8.94. The van der Waals surface area contributed by atoms with Gasteiger partial charge in [-0.2, -0.15) is 0 Å². The van der Waals surface area contributed by atoms with E-state index in [0.29, 0.717) is 17.3 Å². The third-order valence-corrected chi connectivity index (χ3v) is 7.90. The van der Waals surface area contributed by atoms with Gasteiger partial charge in [-0.25, -0.2) is 0 Å². The van der Waals surface area contributed by atoms with E-state index >= 15 is 0 Å². The minimum absolute atomic E-state index is 0.0965. The monoisotopic (exact) mass is 300 g/mol. The Bertz CT molecular complexity index is 589. The number of carbonyl (C=O) groups is 1. The number of hydrogen-bond acceptors (Lipinski definition) is 1. The zero-order chi connectivity index (χ0) is 15.8. The molecule has 0 aromatic rings. The minimum Gasteiger partial charge on any atom is -0.481 e. The molecule has 1 N–H and O–H groups in total. The summed E-state index contributed by atoms with van der Waals surface area (Å²) in [7, 11) is 0. The molecule has 3 fully saturated rings. The topological polar surface area (TPSA) is 37.3 Å². The van der Waals surface area contributed by atoms with E-state index in [9.17, 15) is 9.90 Å². The van der Waals surface area contributed by atoms with Gasteiger partial charge in [0, 0.05) is 0 Å². The van der Waals surface area contributed by atoms with Crippen molar-refractivity contribution in [1.29, 1.82) is 0 Å². The molecule has 0 aromatic heterocycles. The van der Waals surface area contributed by atoms with Crippen LogP contribution in [0.2, 0.25) is 0 Å². The van der Waals surface area contributed by atoms with Gasteiger partial charge in [0.1, 0.15) is 0 Å². The standard InChI is InChI=1S/C20H28O2/c1-13-11-20-10-7-15-18(2,16(20)6-5-14(13)12-20)8-4-9-19(15,3)17(21)22/h6,14-15H,1,4-5,7-12H2,2-3H3,(H,21,22)/t14?,15-,18+,19+,20?/m0/s1. The van der Waals surface area contributed by atoms with Crippen LogP contribution in [0, 0.1) is 28.1 Å². The van der Waals surface area contributed by atoms with Gasteiger partial charge in [0.05, 0.1) is 5.41 Å². The Morgan fingerprint density at radius 3 is 2.82 bits per heavy atom. The average molecular weight is 300 g/mol. The molecule has 0 saturated heterocycles. The van der Waals surface area contributed by atoms with Gasteiger partial charge in [0.15, 0.2) is 0 Å². The van der Waals surface area contributed by atoms with Crippen LogP contribution in [-0.2, 0) is 4.79 Å². The molecular formula is C20H28O2. The van der Waals surface area contributed by atoms with Gasteiger partial charge in [-0.3, -0.25) is 4.79 Å². The van der Waals surface area contributed by atoms with Crippen molar-refractivity contribution in [3.8, 4) is 0 Å². The maximum Gasteiger partial charge on any atom is 0.309 e. The van der Waals surface area contributed by atoms with Crippen LogP contribution in [0.4, 0.5) is 0 Å². The van der Waals surface area contributed by atoms with E-state index in [1.54, 1.807) is 5.57 Å². The molecule has 120 valence electrons. The lowest BCUT2D eigenvalue weighted by molar-refractivity contribution is -0.161. The fourth-order valence-corrected chi connectivity index (χ4v) is 6.87. The third kappa shape index (κ3) is 1.59. The molecular weight excluding hydrogens is 272 g/mol. The van der Waals surface area contributed by atoms with Crippen molar-refractivity contribution in [2.24, 2.45) is 28.1 Å². The molecule has 2 unspecified atom stereocenters. The van der Waals surface area contributed by atoms with Crippen molar-refractivity contribution < 1.29 is 9.90 Å². The molecule has 2 heteroatoms. The van der Waals surface area contributed by atoms with Gasteiger partial charge in [0.25, 0.3) is 0 Å². The van der Waals surface area contributed by atoms with Gasteiger partial charge in [0.2, 0.25) is 0 Å². The summed E-state index contributed by atoms with van der Waals surface area (Å²) in [6, 6.07) is 0. The smallest absolute Gasteiger partial charge is 0.309 e. The molecule has 3 saturated carbocycles. The fourth-order valence-electron chi connectivity index (χ4n) is 6.87. The van der Waals surface area contributed by atoms with E-state index in [1.807, 2.05) is 6.92 Å². The van der Waals surface area contributed by atoms with Gasteiger partial charge in [-0.05, 0) is 74.5 Å². The Hall–Kier alpha value is -1.05. The predicted octanol–water partition coefficient (Wildman–Crippen LogP) is 4.96. The Kier molecular flexibility index (Phi) is 2.82. The van der Waals surface area contributed by atoms with Crippen LogP contribution >= 0.6 is 0 Å². The molecule has 2 nitrogen and oxygen atoms in total. The van der Waals surface area contributed by atoms with Crippen molar-refractivity contribution in [1.82, 2.24) is 0 Å². The summed E-state index contributed by atoms with van der Waals surface area (Å²) in [6.45, 7) is 8.73. The highest BCUT2D eigenvalue weighted by Crippen LogP contribution is 2.70. The molecule has 22 heavy (non-hydrogen) atoms. The van der Waals surface area contributed by atoms with Crippen LogP contribution in [0.15, 0.2) is 23.8 Å². The summed E-state index contributed by atoms with van der Waals surface area (Å²) in [6.07, 6.45) is 11.4. The van der Waals surface area contributed by atoms with Crippen molar-refractivity contribution in [3.05, 3.63) is 23.8 Å². The number of allylic oxidation sites excluding steroid dienone is 3. The lowest BCUT2D eigenvalue weighted by Crippen LogP contribution is -2.54. The molecule has 2 bridgehead atoms. The van der Waals surface area contributed by atoms with E-state index in [0.717, 1.165) is 32.1 Å². The Morgan fingerprint density at radius 2 is 2.09 bits per heavy atom. The first-order valence-corrected chi connectivity index (χ1v) is 8.94. The van der Waals surface area contributed by atoms with E-state index < -0.39 is 11.4 Å². The van der Waals surface area contributed by atoms with E-state index in [2.05, 4.69) is 19.6 Å². The second-order valence-corrected chi connectivity index (χ2v) is 8.95. The zero-order valence-corrected chi connectivity index (χ0v) is 14.0. The first kappa shape index (κ1) is 14.5. The molecule has 4 aliphatic carbocycles. The number of aliphatic carboxylic acids is 1. The summed E-state index contributed by atoms with van der Waals surface area (Å²) >= 11 is 0. The van der Waals surface area contributed by atoms with Crippen LogP contribution in [-0.4, -0.2) is 11.1 Å². The van der Waals surface area contributed by atoms with Gasteiger partial charge in [-0.1, -0.05) is 37.1 Å². The molecule has 4 aliphatic rings. The van der Waals surface area contributed by atoms with Crippen LogP contribution in [0.5, 0.6) is 0 Å². The van der Waals surface area contributed by atoms with Gasteiger partial charge < -0.3 is 5.11 Å². The normalized spacial score (nSPS) is 50.1. The minimum atomic E-state index is -0.579. The maximum absolute atomic E-state index is 12.0. The summed E-state index contributed by atoms with van der Waals surface area (Å²) < 4.78 is 0. The largest absolute Gasteiger partial charge is 0.481 e. The highest BCUT2D eigenvalue weighted by atomic mass is 16.4. The highest BCUT2D eigenvalue weighted by Gasteiger charge is 2.62. The number of carboxylic acid groups (broad SMARTS) is 1. The molecule has 0 aromatic carbocycles. The average Bonchev–Trinajstić information content (AvgIpc) is 2.68. The number of rotatable bonds is 1. The summed E-state index contributed by atoms with van der Waals surface area (Å²) in [4.78, 5) is 12.0. The number of hydrogen-bond donors (Lipinski definition) is 1. The Balaban J connectivity index is 1.80. The molecule has 0 heterocycles. The maximum atomic E-state index is 12.0. The molecule has 1 spiro atoms. The lowest BCUT2D eigenvalue weighted by atomic mass is 9.44. The van der Waals surface area contributed by atoms with Crippen LogP contribution < -0.4 is 0 Å². The summed E-state index contributed by atoms with van der Waals surface area (Å²) in [5, 5.41) is 9.89. The van der Waals surface area contributed by atoms with Crippen LogP contribution in [0.3, 0.4) is 0 Å². The lowest BCUT2D eigenvalue weighted by Gasteiger charge is -2.60. The van der Waals surface area contributed by atoms with E-state index in [1.165, 1.54) is 24.8 Å². The van der Waals surface area contributed by atoms with Crippen LogP contribution in [0.25, 0.3) is 0 Å². The van der Waals surface area contributed by atoms with Crippen molar-refractivity contribution >= 4 is 5.97 Å². The molecule has 5 atom stereocenters. The SMILES string of the molecule is C=C1CC23CC[C@@H]4[C@](C)(C(=O)O)CCC[C@@]4(C)C2=CCC1C3. The van der Waals surface area contributed by atoms with Gasteiger partial charge >= 0.3 is 5.97 Å². The molecule has 0 radical (unpaired) electrons. The number of carboxylic acids is 1. The Labute approximate surface area is 133 Å². The van der Waals surface area contributed by atoms with E-state index in [-0.39, 0.29) is 5.41 Å². The second kappa shape index (κ2) is 4.27. The summed E-state index contributed by atoms with van der Waals surface area (Å²) in [5.41, 5.74) is 2.96. The third-order valence-electron chi connectivity index (χ3n) is 7.90. The second-order valence-electron chi connectivity index (χ2n) is 8.95. The van der Waals surface area contributed by atoms with Gasteiger partial charge in [-0.15, -0.1) is 0 Å². The molecule has 0 aliphatic heterocycles. The van der Waals surface area contributed by atoms with Crippen LogP contribution in [0.1, 0.15) is 65.2 Å². The molecule has 0 amide bonds. The van der Waals surface area contributed by atoms with E-state index in [4.69, 9.17) is 0 Å². The molecule has 4 rings (SSSR count). The summed E-state index contributed by atoms with van der Waals surface area (Å²) in [5.74, 6) is 0.413. The van der Waals surface area contributed by atoms with Crippen molar-refractivity contribution in [2.45, 2.75) is 65.2 Å². The zero-order valence-electron chi connectivity index (χ0n) is 14.0. The highest BCUT2D eigenvalue weighted by molar-refractivity contribution is 5.75. The fraction of sp³-hybridized carbons (Fsp3) is 0.750. The quantitative estimate of drug-likeness (QED) is 0.695. The predicted molar refractivity (Wildman–Crippen MR) is 87.4 cm³/mol. The number of fused-ring (bicyclic) bond motifs is 3. The first-order chi connectivity index (χ1) is 10.3. The van der Waals surface area contributed by atoms with Crippen molar-refractivity contribution in [3.63, 3.8) is 0 Å².